The van der Waals surface area contributed by atoms with Gasteiger partial charge in [0.1, 0.15) is 5.02 Å². The monoisotopic (exact) mass is 297 g/mol. The van der Waals surface area contributed by atoms with Crippen LogP contribution in [-0.4, -0.2) is 35.4 Å². The standard InChI is InChI=1S/C13H16ClN3O3/c1-16(8-13(18)15-10-3-4-10)7-9-2-5-11(14)12(6-9)17(19)20/h2,5-6,10H,3-4,7-8H2,1H3,(H,15,18). The van der Waals surface area contributed by atoms with Crippen LogP contribution in [0.4, 0.5) is 5.69 Å². The van der Waals surface area contributed by atoms with Gasteiger partial charge in [-0.25, -0.2) is 0 Å². The molecule has 0 unspecified atom stereocenters. The molecule has 7 heteroatoms. The van der Waals surface area contributed by atoms with Crippen molar-refractivity contribution in [3.8, 4) is 0 Å². The molecule has 1 N–H and O–H groups in total. The third-order valence-corrected chi connectivity index (χ3v) is 3.34. The molecule has 1 saturated carbocycles. The minimum Gasteiger partial charge on any atom is -0.352 e. The Kier molecular flexibility index (Phi) is 4.57. The zero-order valence-corrected chi connectivity index (χ0v) is 11.9. The van der Waals surface area contributed by atoms with Crippen LogP contribution in [0.1, 0.15) is 18.4 Å². The van der Waals surface area contributed by atoms with Gasteiger partial charge >= 0.3 is 0 Å². The number of rotatable bonds is 6. The lowest BCUT2D eigenvalue weighted by Gasteiger charge is -2.16. The number of nitrogens with one attached hydrogen (secondary N) is 1. The van der Waals surface area contributed by atoms with E-state index < -0.39 is 4.92 Å². The summed E-state index contributed by atoms with van der Waals surface area (Å²) in [5, 5.41) is 13.8. The van der Waals surface area contributed by atoms with Gasteiger partial charge in [-0.1, -0.05) is 17.7 Å². The molecule has 108 valence electrons. The van der Waals surface area contributed by atoms with E-state index in [1.54, 1.807) is 13.1 Å². The average molecular weight is 298 g/mol. The highest BCUT2D eigenvalue weighted by Crippen LogP contribution is 2.25. The second-order valence-corrected chi connectivity index (χ2v) is 5.46. The topological polar surface area (TPSA) is 75.5 Å². The Hall–Kier alpha value is -1.66. The molecule has 1 aromatic rings. The second-order valence-electron chi connectivity index (χ2n) is 5.06. The van der Waals surface area contributed by atoms with E-state index in [9.17, 15) is 14.9 Å². The molecule has 0 heterocycles. The number of nitro benzene ring substituents is 1. The first kappa shape index (κ1) is 14.7. The first-order valence-corrected chi connectivity index (χ1v) is 6.74. The highest BCUT2D eigenvalue weighted by atomic mass is 35.5. The summed E-state index contributed by atoms with van der Waals surface area (Å²) in [4.78, 5) is 23.8. The van der Waals surface area contributed by atoms with Crippen molar-refractivity contribution in [1.29, 1.82) is 0 Å². The maximum absolute atomic E-state index is 11.6. The molecule has 1 amide bonds. The van der Waals surface area contributed by atoms with Gasteiger partial charge in [0.05, 0.1) is 11.5 Å². The first-order chi connectivity index (χ1) is 9.45. The fourth-order valence-electron chi connectivity index (χ4n) is 1.91. The summed E-state index contributed by atoms with van der Waals surface area (Å²) in [5.74, 6) is -0.0153. The predicted octanol–water partition coefficient (Wildman–Crippen LogP) is 1.96. The van der Waals surface area contributed by atoms with Crippen LogP contribution in [-0.2, 0) is 11.3 Å². The van der Waals surface area contributed by atoms with Crippen LogP contribution in [0.25, 0.3) is 0 Å². The van der Waals surface area contributed by atoms with Gasteiger partial charge in [0, 0.05) is 18.7 Å². The van der Waals surface area contributed by atoms with E-state index in [0.29, 0.717) is 12.6 Å². The smallest absolute Gasteiger partial charge is 0.288 e. The fraction of sp³-hybridized carbons (Fsp3) is 0.462. The SMILES string of the molecule is CN(CC(=O)NC1CC1)Cc1ccc(Cl)c([N+](=O)[O-])c1. The Morgan fingerprint density at radius 1 is 1.55 bits per heavy atom. The molecule has 0 saturated heterocycles. The van der Waals surface area contributed by atoms with Crippen molar-refractivity contribution in [3.05, 3.63) is 38.9 Å². The van der Waals surface area contributed by atoms with Gasteiger partial charge in [0.2, 0.25) is 5.91 Å². The molecule has 1 aliphatic carbocycles. The van der Waals surface area contributed by atoms with E-state index in [1.807, 2.05) is 4.90 Å². The molecule has 1 aliphatic rings. The molecule has 0 aromatic heterocycles. The Morgan fingerprint density at radius 2 is 2.25 bits per heavy atom. The molecule has 1 fully saturated rings. The van der Waals surface area contributed by atoms with Crippen LogP contribution < -0.4 is 5.32 Å². The average Bonchev–Trinajstić information content (AvgIpc) is 3.14. The Labute approximate surface area is 121 Å². The number of amides is 1. The number of hydrogen-bond donors (Lipinski definition) is 1. The van der Waals surface area contributed by atoms with E-state index in [2.05, 4.69) is 5.32 Å². The summed E-state index contributed by atoms with van der Waals surface area (Å²) in [7, 11) is 1.80. The number of likely N-dealkylation sites (N-methyl/N-ethyl adjacent to an activating group) is 1. The highest BCUT2D eigenvalue weighted by Gasteiger charge is 2.23. The summed E-state index contributed by atoms with van der Waals surface area (Å²) >= 11 is 5.76. The molecule has 2 rings (SSSR count). The molecule has 6 nitrogen and oxygen atoms in total. The summed E-state index contributed by atoms with van der Waals surface area (Å²) < 4.78 is 0. The van der Waals surface area contributed by atoms with E-state index in [1.165, 1.54) is 12.1 Å². The Bertz CT molecular complexity index is 532. The van der Waals surface area contributed by atoms with Crippen molar-refractivity contribution >= 4 is 23.2 Å². The van der Waals surface area contributed by atoms with Crippen molar-refractivity contribution in [3.63, 3.8) is 0 Å². The predicted molar refractivity (Wildman–Crippen MR) is 75.6 cm³/mol. The van der Waals surface area contributed by atoms with Crippen molar-refractivity contribution in [2.45, 2.75) is 25.4 Å². The minimum absolute atomic E-state index is 0.0153. The normalized spacial score (nSPS) is 14.3. The van der Waals surface area contributed by atoms with E-state index in [0.717, 1.165) is 18.4 Å². The van der Waals surface area contributed by atoms with Crippen LogP contribution >= 0.6 is 11.6 Å². The van der Waals surface area contributed by atoms with Gasteiger partial charge in [-0.05, 0) is 31.5 Å². The van der Waals surface area contributed by atoms with E-state index >= 15 is 0 Å². The zero-order valence-electron chi connectivity index (χ0n) is 11.1. The largest absolute Gasteiger partial charge is 0.352 e. The number of nitrogens with zero attached hydrogens (tertiary/aromatic N) is 2. The summed E-state index contributed by atoms with van der Waals surface area (Å²) in [6.45, 7) is 0.725. The number of nitro groups is 1. The van der Waals surface area contributed by atoms with E-state index in [-0.39, 0.29) is 23.2 Å². The number of carbonyl (C=O) groups excluding carboxylic acids is 1. The van der Waals surface area contributed by atoms with Crippen molar-refractivity contribution in [2.75, 3.05) is 13.6 Å². The third-order valence-electron chi connectivity index (χ3n) is 3.02. The maximum Gasteiger partial charge on any atom is 0.288 e. The third kappa shape index (κ3) is 4.18. The van der Waals surface area contributed by atoms with Crippen LogP contribution in [0.15, 0.2) is 18.2 Å². The summed E-state index contributed by atoms with van der Waals surface area (Å²) in [6.07, 6.45) is 2.11. The number of hydrogen-bond acceptors (Lipinski definition) is 4. The number of halogens is 1. The Balaban J connectivity index is 1.92. The fourth-order valence-corrected chi connectivity index (χ4v) is 2.10. The van der Waals surface area contributed by atoms with Gasteiger partial charge < -0.3 is 5.32 Å². The highest BCUT2D eigenvalue weighted by molar-refractivity contribution is 6.32. The van der Waals surface area contributed by atoms with Gasteiger partial charge in [-0.3, -0.25) is 19.8 Å². The molecule has 1 aromatic carbocycles. The van der Waals surface area contributed by atoms with Gasteiger partial charge in [-0.15, -0.1) is 0 Å². The van der Waals surface area contributed by atoms with Crippen LogP contribution in [0.2, 0.25) is 5.02 Å². The molecular formula is C13H16ClN3O3. The molecule has 0 atom stereocenters. The van der Waals surface area contributed by atoms with Gasteiger partial charge in [0.25, 0.3) is 5.69 Å². The zero-order chi connectivity index (χ0) is 14.7. The van der Waals surface area contributed by atoms with Gasteiger partial charge in [0.15, 0.2) is 0 Å². The number of carbonyl (C=O) groups is 1. The lowest BCUT2D eigenvalue weighted by Crippen LogP contribution is -2.35. The summed E-state index contributed by atoms with van der Waals surface area (Å²) in [5.41, 5.74) is 0.642. The molecule has 20 heavy (non-hydrogen) atoms. The number of benzene rings is 1. The molecule has 0 aliphatic heterocycles. The molecular weight excluding hydrogens is 282 g/mol. The van der Waals surface area contributed by atoms with Crippen LogP contribution in [0.5, 0.6) is 0 Å². The van der Waals surface area contributed by atoms with Crippen molar-refractivity contribution < 1.29 is 9.72 Å². The van der Waals surface area contributed by atoms with Crippen molar-refractivity contribution in [1.82, 2.24) is 10.2 Å². The Morgan fingerprint density at radius 3 is 2.85 bits per heavy atom. The molecule has 0 spiro atoms. The summed E-state index contributed by atoms with van der Waals surface area (Å²) in [6, 6.07) is 5.02. The quantitative estimate of drug-likeness (QED) is 0.643. The lowest BCUT2D eigenvalue weighted by molar-refractivity contribution is -0.384. The molecule has 0 radical (unpaired) electrons. The minimum atomic E-state index is -0.508. The second kappa shape index (κ2) is 6.19. The van der Waals surface area contributed by atoms with Crippen LogP contribution in [0.3, 0.4) is 0 Å². The molecule has 0 bridgehead atoms. The first-order valence-electron chi connectivity index (χ1n) is 6.36. The van der Waals surface area contributed by atoms with Gasteiger partial charge in [-0.2, -0.15) is 0 Å². The van der Waals surface area contributed by atoms with Crippen LogP contribution in [0, 0.1) is 10.1 Å². The van der Waals surface area contributed by atoms with E-state index in [4.69, 9.17) is 11.6 Å². The van der Waals surface area contributed by atoms with Crippen molar-refractivity contribution in [2.24, 2.45) is 0 Å². The maximum atomic E-state index is 11.6. The lowest BCUT2D eigenvalue weighted by atomic mass is 10.2.